The number of alkyl carbamates (subject to hydrolysis) is 1. The summed E-state index contributed by atoms with van der Waals surface area (Å²) in [5.41, 5.74) is 5.52. The minimum absolute atomic E-state index is 0.0284. The van der Waals surface area contributed by atoms with Crippen molar-refractivity contribution in [1.82, 2.24) is 25.4 Å². The fourth-order valence-corrected chi connectivity index (χ4v) is 6.93. The summed E-state index contributed by atoms with van der Waals surface area (Å²) in [6.07, 6.45) is 0.361. The lowest BCUT2D eigenvalue weighted by atomic mass is 9.98. The average Bonchev–Trinajstić information content (AvgIpc) is 3.52. The van der Waals surface area contributed by atoms with Crippen molar-refractivity contribution >= 4 is 24.0 Å². The first-order chi connectivity index (χ1) is 27.1. The van der Waals surface area contributed by atoms with Gasteiger partial charge in [0.2, 0.25) is 11.8 Å². The van der Waals surface area contributed by atoms with Gasteiger partial charge in [0.05, 0.1) is 13.1 Å². The van der Waals surface area contributed by atoms with Crippen molar-refractivity contribution in [2.75, 3.05) is 32.9 Å². The zero-order valence-electron chi connectivity index (χ0n) is 32.3. The Bertz CT molecular complexity index is 1860. The fourth-order valence-electron chi connectivity index (χ4n) is 6.93. The van der Waals surface area contributed by atoms with Crippen LogP contribution in [0, 0.1) is 0 Å². The summed E-state index contributed by atoms with van der Waals surface area (Å²) in [5.74, 6) is -1.40. The van der Waals surface area contributed by atoms with Crippen molar-refractivity contribution in [2.24, 2.45) is 0 Å². The molecule has 13 heteroatoms. The number of aromatic nitrogens is 1. The Morgan fingerprint density at radius 1 is 0.804 bits per heavy atom. The lowest BCUT2D eigenvalue weighted by Gasteiger charge is -2.35. The molecule has 1 heterocycles. The predicted octanol–water partition coefficient (Wildman–Crippen LogP) is 5.83. The van der Waals surface area contributed by atoms with Gasteiger partial charge >= 0.3 is 12.2 Å². The minimum atomic E-state index is -1.45. The van der Waals surface area contributed by atoms with Crippen LogP contribution in [0.1, 0.15) is 55.9 Å². The van der Waals surface area contributed by atoms with Crippen molar-refractivity contribution in [3.63, 3.8) is 0 Å². The second-order valence-corrected chi connectivity index (χ2v) is 13.7. The summed E-state index contributed by atoms with van der Waals surface area (Å²) in [6.45, 7) is 7.63. The van der Waals surface area contributed by atoms with Gasteiger partial charge in [-0.05, 0) is 67.1 Å². The molecule has 3 N–H and O–H groups in total. The fraction of sp³-hybridized carbons (Fsp3) is 0.372. The summed E-state index contributed by atoms with van der Waals surface area (Å²) >= 11 is 0. The highest BCUT2D eigenvalue weighted by Crippen LogP contribution is 2.44. The number of benzene rings is 3. The zero-order chi connectivity index (χ0) is 40.0. The normalized spacial score (nSPS) is 13.0. The molecule has 3 aromatic carbocycles. The van der Waals surface area contributed by atoms with Crippen molar-refractivity contribution in [2.45, 2.75) is 71.0 Å². The predicted molar refractivity (Wildman–Crippen MR) is 211 cm³/mol. The molecule has 296 valence electrons. The van der Waals surface area contributed by atoms with E-state index in [-0.39, 0.29) is 38.1 Å². The highest BCUT2D eigenvalue weighted by atomic mass is 16.7. The molecule has 1 aliphatic rings. The molecule has 2 unspecified atom stereocenters. The molecule has 5 rings (SSSR count). The van der Waals surface area contributed by atoms with E-state index in [4.69, 9.17) is 14.2 Å². The number of rotatable bonds is 19. The molecule has 0 spiro atoms. The number of nitrogens with one attached hydrogen (secondary N) is 2. The quantitative estimate of drug-likeness (QED) is 0.0999. The maximum atomic E-state index is 14.4. The van der Waals surface area contributed by atoms with Gasteiger partial charge in [0.15, 0.2) is 6.29 Å². The molecule has 0 radical (unpaired) electrons. The third-order valence-corrected chi connectivity index (χ3v) is 9.64. The Hall–Kier alpha value is -5.79. The van der Waals surface area contributed by atoms with E-state index in [0.717, 1.165) is 27.2 Å². The van der Waals surface area contributed by atoms with Crippen LogP contribution in [0.15, 0.2) is 103 Å². The Morgan fingerprint density at radius 3 is 1.98 bits per heavy atom. The van der Waals surface area contributed by atoms with Gasteiger partial charge in [-0.25, -0.2) is 9.59 Å². The third kappa shape index (κ3) is 10.7. The molecular weight excluding hydrogens is 715 g/mol. The van der Waals surface area contributed by atoms with E-state index in [1.54, 1.807) is 59.8 Å². The lowest BCUT2D eigenvalue weighted by molar-refractivity contribution is -0.163. The maximum absolute atomic E-state index is 14.4. The van der Waals surface area contributed by atoms with Crippen LogP contribution in [0.5, 0.6) is 0 Å². The van der Waals surface area contributed by atoms with E-state index >= 15 is 0 Å². The molecule has 56 heavy (non-hydrogen) atoms. The Labute approximate surface area is 328 Å². The second kappa shape index (κ2) is 20.2. The summed E-state index contributed by atoms with van der Waals surface area (Å²) in [5, 5.41) is 16.0. The van der Waals surface area contributed by atoms with Gasteiger partial charge < -0.3 is 34.9 Å². The number of hydrogen-bond acceptors (Lipinski definition) is 8. The number of ether oxygens (including phenoxy) is 3. The molecule has 0 aliphatic heterocycles. The van der Waals surface area contributed by atoms with Crippen LogP contribution in [0.25, 0.3) is 11.1 Å². The summed E-state index contributed by atoms with van der Waals surface area (Å²) in [7, 11) is 0. The lowest BCUT2D eigenvalue weighted by Crippen LogP contribution is -2.59. The van der Waals surface area contributed by atoms with E-state index in [1.165, 1.54) is 0 Å². The van der Waals surface area contributed by atoms with Crippen LogP contribution in [0.2, 0.25) is 0 Å². The smallest absolute Gasteiger partial charge is 0.408 e. The van der Waals surface area contributed by atoms with Crippen LogP contribution in [-0.2, 0) is 36.8 Å². The number of fused-ring (bicyclic) bond motifs is 3. The van der Waals surface area contributed by atoms with Gasteiger partial charge in [-0.3, -0.25) is 19.5 Å². The molecule has 0 saturated carbocycles. The SMILES string of the molecule is CCOC(CN(C(=O)C(Cc1cccnc1)NC(=O)C(CNC(=O)OCC1c2ccccc2-c2ccccc21)N(Cc1ccccc1)C(=O)O)C(C)C)OCC. The summed E-state index contributed by atoms with van der Waals surface area (Å²) in [6, 6.07) is 25.3. The number of carbonyl (C=O) groups is 4. The molecular formula is C43H51N5O8. The van der Waals surface area contributed by atoms with Gasteiger partial charge in [0.25, 0.3) is 0 Å². The highest BCUT2D eigenvalue weighted by Gasteiger charge is 2.36. The van der Waals surface area contributed by atoms with Crippen LogP contribution in [-0.4, -0.2) is 101 Å². The van der Waals surface area contributed by atoms with Gasteiger partial charge in [-0.2, -0.15) is 0 Å². The topological polar surface area (TPSA) is 160 Å². The van der Waals surface area contributed by atoms with E-state index < -0.39 is 48.9 Å². The number of hydrogen-bond donors (Lipinski definition) is 3. The molecule has 1 aliphatic carbocycles. The van der Waals surface area contributed by atoms with Gasteiger partial charge in [-0.15, -0.1) is 0 Å². The van der Waals surface area contributed by atoms with E-state index in [9.17, 15) is 24.3 Å². The molecule has 4 aromatic rings. The maximum Gasteiger partial charge on any atom is 0.408 e. The number of carboxylic acid groups (broad SMARTS) is 1. The van der Waals surface area contributed by atoms with Crippen molar-refractivity contribution in [3.05, 3.63) is 126 Å². The molecule has 4 amide bonds. The number of nitrogens with zero attached hydrogens (tertiary/aromatic N) is 3. The Morgan fingerprint density at radius 2 is 1.41 bits per heavy atom. The zero-order valence-corrected chi connectivity index (χ0v) is 32.3. The van der Waals surface area contributed by atoms with Gasteiger partial charge in [-0.1, -0.05) is 84.9 Å². The summed E-state index contributed by atoms with van der Waals surface area (Å²) < 4.78 is 17.2. The van der Waals surface area contributed by atoms with Crippen molar-refractivity contribution in [3.8, 4) is 11.1 Å². The molecule has 1 aromatic heterocycles. The van der Waals surface area contributed by atoms with Gasteiger partial charge in [0.1, 0.15) is 18.7 Å². The number of carbonyl (C=O) groups excluding carboxylic acids is 3. The Kier molecular flexibility index (Phi) is 14.9. The van der Waals surface area contributed by atoms with Crippen LogP contribution >= 0.6 is 0 Å². The molecule has 0 saturated heterocycles. The standard InChI is InChI=1S/C43H51N5O8/c1-5-54-39(55-6-2)27-47(29(3)4)41(50)37(23-31-17-14-22-44-24-31)46-40(49)38(48(43(52)53)26-30-15-8-7-9-16-30)25-45-42(51)56-28-36-34-20-12-10-18-32(34)33-19-11-13-21-35(33)36/h7-22,24,29,36-39H,5-6,23,25-28H2,1-4H3,(H,45,51)(H,46,49)(H,52,53). The highest BCUT2D eigenvalue weighted by molar-refractivity contribution is 5.92. The van der Waals surface area contributed by atoms with Crippen molar-refractivity contribution in [1.29, 1.82) is 0 Å². The van der Waals surface area contributed by atoms with Crippen LogP contribution in [0.4, 0.5) is 9.59 Å². The number of pyridine rings is 1. The second-order valence-electron chi connectivity index (χ2n) is 13.7. The molecule has 2 atom stereocenters. The monoisotopic (exact) mass is 765 g/mol. The van der Waals surface area contributed by atoms with Gasteiger partial charge in [0, 0.05) is 50.5 Å². The molecule has 13 nitrogen and oxygen atoms in total. The van der Waals surface area contributed by atoms with Crippen molar-refractivity contribution < 1.29 is 38.5 Å². The first-order valence-electron chi connectivity index (χ1n) is 19.0. The van der Waals surface area contributed by atoms with E-state index in [2.05, 4.69) is 15.6 Å². The first-order valence-corrected chi connectivity index (χ1v) is 19.0. The third-order valence-electron chi connectivity index (χ3n) is 9.64. The summed E-state index contributed by atoms with van der Waals surface area (Å²) in [4.78, 5) is 61.7. The minimum Gasteiger partial charge on any atom is -0.465 e. The average molecular weight is 766 g/mol. The van der Waals surface area contributed by atoms with Crippen LogP contribution < -0.4 is 10.6 Å². The van der Waals surface area contributed by atoms with Crippen LogP contribution in [0.3, 0.4) is 0 Å². The van der Waals surface area contributed by atoms with E-state index in [1.807, 2.05) is 76.2 Å². The Balaban J connectivity index is 1.38. The number of amides is 4. The molecule has 0 bridgehead atoms. The largest absolute Gasteiger partial charge is 0.465 e. The molecule has 0 fully saturated rings. The van der Waals surface area contributed by atoms with E-state index in [0.29, 0.717) is 24.3 Å². The first kappa shape index (κ1) is 41.4.